The highest BCUT2D eigenvalue weighted by Gasteiger charge is 2.17. The van der Waals surface area contributed by atoms with Gasteiger partial charge >= 0.3 is 12.2 Å². The Morgan fingerprint density at radius 3 is 2.21 bits per heavy atom. The molecule has 0 saturated carbocycles. The molecule has 0 unspecified atom stereocenters. The summed E-state index contributed by atoms with van der Waals surface area (Å²) in [5, 5.41) is 5.07. The summed E-state index contributed by atoms with van der Waals surface area (Å²) in [5.41, 5.74) is 3.62. The number of benzene rings is 2. The van der Waals surface area contributed by atoms with Crippen molar-refractivity contribution < 1.29 is 28.5 Å². The van der Waals surface area contributed by atoms with Crippen LogP contribution in [0.2, 0.25) is 0 Å². The van der Waals surface area contributed by atoms with Gasteiger partial charge in [-0.05, 0) is 51.1 Å². The maximum atomic E-state index is 12.1. The first-order valence-corrected chi connectivity index (χ1v) is 13.2. The van der Waals surface area contributed by atoms with Crippen LogP contribution < -0.4 is 25.0 Å². The van der Waals surface area contributed by atoms with Crippen LogP contribution in [0.1, 0.15) is 20.8 Å². The highest BCUT2D eigenvalue weighted by molar-refractivity contribution is 5.85. The second-order valence-electron chi connectivity index (χ2n) is 10.1. The zero-order valence-electron chi connectivity index (χ0n) is 24.4. The molecule has 0 aliphatic heterocycles. The fourth-order valence-electron chi connectivity index (χ4n) is 3.99. The van der Waals surface area contributed by atoms with Gasteiger partial charge in [0.1, 0.15) is 29.5 Å². The molecule has 2 aromatic heterocycles. The minimum Gasteiger partial charge on any atom is -0.497 e. The van der Waals surface area contributed by atoms with Crippen LogP contribution in [0.15, 0.2) is 60.9 Å². The standard InChI is InChI=1S/C30H34N6O6/c1-30(2,3)42-29(38)35-27-10-7-19(17-33-27)26-18-32-24-9-8-20(15-25(24)34-26)36(11-12-41-28(37)31-4)21-13-22(39-5)16-23(14-21)40-6/h7-10,13-18H,11-12H2,1-6H3,(H,31,37)(H,33,35,38). The van der Waals surface area contributed by atoms with Gasteiger partial charge in [0.05, 0.1) is 43.7 Å². The van der Waals surface area contributed by atoms with E-state index in [2.05, 4.69) is 20.6 Å². The molecule has 0 atom stereocenters. The van der Waals surface area contributed by atoms with Crippen LogP contribution in [0.4, 0.5) is 26.8 Å². The molecule has 2 amide bonds. The summed E-state index contributed by atoms with van der Waals surface area (Å²) in [6.45, 7) is 5.84. The molecule has 0 aliphatic rings. The number of anilines is 3. The minimum absolute atomic E-state index is 0.123. The molecule has 2 heterocycles. The van der Waals surface area contributed by atoms with E-state index in [1.165, 1.54) is 7.05 Å². The Morgan fingerprint density at radius 2 is 1.60 bits per heavy atom. The lowest BCUT2D eigenvalue weighted by molar-refractivity contribution is 0.0635. The quantitative estimate of drug-likeness (QED) is 0.262. The van der Waals surface area contributed by atoms with Crippen molar-refractivity contribution in [2.75, 3.05) is 44.6 Å². The number of hydrogen-bond donors (Lipinski definition) is 2. The van der Waals surface area contributed by atoms with E-state index in [1.807, 2.05) is 35.2 Å². The molecular weight excluding hydrogens is 540 g/mol. The van der Waals surface area contributed by atoms with E-state index in [0.29, 0.717) is 40.6 Å². The predicted molar refractivity (Wildman–Crippen MR) is 160 cm³/mol. The third-order valence-electron chi connectivity index (χ3n) is 5.93. The summed E-state index contributed by atoms with van der Waals surface area (Å²) in [5.74, 6) is 1.58. The number of nitrogens with one attached hydrogen (secondary N) is 2. The van der Waals surface area contributed by atoms with Gasteiger partial charge in [0.15, 0.2) is 0 Å². The Morgan fingerprint density at radius 1 is 0.857 bits per heavy atom. The molecule has 42 heavy (non-hydrogen) atoms. The number of aromatic nitrogens is 3. The van der Waals surface area contributed by atoms with Gasteiger partial charge in [-0.25, -0.2) is 19.6 Å². The van der Waals surface area contributed by atoms with Gasteiger partial charge in [-0.15, -0.1) is 0 Å². The number of hydrogen-bond acceptors (Lipinski definition) is 10. The SMILES string of the molecule is CNC(=O)OCCN(c1cc(OC)cc(OC)c1)c1ccc2ncc(-c3ccc(NC(=O)OC(C)(C)C)nc3)nc2c1. The van der Waals surface area contributed by atoms with Crippen LogP contribution in [0.3, 0.4) is 0 Å². The molecule has 220 valence electrons. The second kappa shape index (κ2) is 13.0. The zero-order valence-corrected chi connectivity index (χ0v) is 24.4. The summed E-state index contributed by atoms with van der Waals surface area (Å²) in [6.07, 6.45) is 2.17. The highest BCUT2D eigenvalue weighted by Crippen LogP contribution is 2.34. The average Bonchev–Trinajstić information content (AvgIpc) is 2.97. The van der Waals surface area contributed by atoms with Gasteiger partial charge in [-0.3, -0.25) is 10.3 Å². The average molecular weight is 575 g/mol. The fourth-order valence-corrected chi connectivity index (χ4v) is 3.99. The lowest BCUT2D eigenvalue weighted by Gasteiger charge is -2.26. The molecule has 0 radical (unpaired) electrons. The summed E-state index contributed by atoms with van der Waals surface area (Å²) in [4.78, 5) is 39.5. The number of alkyl carbamates (subject to hydrolysis) is 1. The third-order valence-corrected chi connectivity index (χ3v) is 5.93. The molecule has 2 N–H and O–H groups in total. The summed E-state index contributed by atoms with van der Waals surface area (Å²) >= 11 is 0. The van der Waals surface area contributed by atoms with E-state index < -0.39 is 17.8 Å². The fraction of sp³-hybridized carbons (Fsp3) is 0.300. The molecule has 0 spiro atoms. The normalized spacial score (nSPS) is 11.0. The Labute approximate surface area is 244 Å². The maximum absolute atomic E-state index is 12.1. The first-order chi connectivity index (χ1) is 20.1. The molecule has 12 heteroatoms. The summed E-state index contributed by atoms with van der Waals surface area (Å²) in [7, 11) is 4.67. The molecule has 12 nitrogen and oxygen atoms in total. The number of carbonyl (C=O) groups excluding carboxylic acids is 2. The Bertz CT molecular complexity index is 1530. The zero-order chi connectivity index (χ0) is 30.3. The smallest absolute Gasteiger partial charge is 0.413 e. The van der Waals surface area contributed by atoms with Crippen molar-refractivity contribution in [2.24, 2.45) is 0 Å². The number of fused-ring (bicyclic) bond motifs is 1. The summed E-state index contributed by atoms with van der Waals surface area (Å²) in [6, 6.07) is 14.7. The van der Waals surface area contributed by atoms with E-state index >= 15 is 0 Å². The number of pyridine rings is 1. The van der Waals surface area contributed by atoms with Gasteiger partial charge < -0.3 is 29.2 Å². The number of methoxy groups -OCH3 is 2. The molecule has 0 saturated heterocycles. The molecule has 2 aromatic carbocycles. The molecule has 4 rings (SSSR count). The Kier molecular flexibility index (Phi) is 9.25. The lowest BCUT2D eigenvalue weighted by Crippen LogP contribution is -2.27. The van der Waals surface area contributed by atoms with E-state index in [0.717, 1.165) is 16.9 Å². The number of rotatable bonds is 9. The maximum Gasteiger partial charge on any atom is 0.413 e. The van der Waals surface area contributed by atoms with Crippen molar-refractivity contribution in [1.82, 2.24) is 20.3 Å². The van der Waals surface area contributed by atoms with Crippen LogP contribution in [-0.2, 0) is 9.47 Å². The minimum atomic E-state index is -0.616. The molecule has 0 bridgehead atoms. The van der Waals surface area contributed by atoms with E-state index in [1.54, 1.807) is 65.6 Å². The molecule has 0 fully saturated rings. The second-order valence-corrected chi connectivity index (χ2v) is 10.1. The van der Waals surface area contributed by atoms with E-state index in [-0.39, 0.29) is 6.61 Å². The Hall–Kier alpha value is -5.13. The van der Waals surface area contributed by atoms with Crippen molar-refractivity contribution in [3.05, 3.63) is 60.9 Å². The number of amides is 2. The monoisotopic (exact) mass is 574 g/mol. The van der Waals surface area contributed by atoms with E-state index in [9.17, 15) is 9.59 Å². The first kappa shape index (κ1) is 29.8. The van der Waals surface area contributed by atoms with Crippen LogP contribution in [0.25, 0.3) is 22.3 Å². The van der Waals surface area contributed by atoms with Crippen LogP contribution in [-0.4, -0.2) is 67.2 Å². The van der Waals surface area contributed by atoms with Crippen molar-refractivity contribution in [2.45, 2.75) is 26.4 Å². The van der Waals surface area contributed by atoms with Crippen LogP contribution in [0.5, 0.6) is 11.5 Å². The molecule has 0 aliphatic carbocycles. The van der Waals surface area contributed by atoms with Crippen LogP contribution >= 0.6 is 0 Å². The summed E-state index contributed by atoms with van der Waals surface area (Å²) < 4.78 is 21.5. The number of ether oxygens (including phenoxy) is 4. The number of carbonyl (C=O) groups is 2. The highest BCUT2D eigenvalue weighted by atomic mass is 16.6. The molecular formula is C30H34N6O6. The topological polar surface area (TPSA) is 137 Å². The van der Waals surface area contributed by atoms with Gasteiger partial charge in [-0.1, -0.05) is 0 Å². The van der Waals surface area contributed by atoms with Gasteiger partial charge in [0.2, 0.25) is 0 Å². The van der Waals surface area contributed by atoms with Gasteiger partial charge in [-0.2, -0.15) is 0 Å². The van der Waals surface area contributed by atoms with E-state index in [4.69, 9.17) is 23.9 Å². The van der Waals surface area contributed by atoms with Crippen molar-refractivity contribution in [1.29, 1.82) is 0 Å². The van der Waals surface area contributed by atoms with Crippen molar-refractivity contribution in [3.8, 4) is 22.8 Å². The third kappa shape index (κ3) is 7.74. The van der Waals surface area contributed by atoms with Crippen molar-refractivity contribution >= 4 is 40.4 Å². The van der Waals surface area contributed by atoms with Gasteiger partial charge in [0, 0.05) is 48.4 Å². The number of nitrogens with zero attached hydrogens (tertiary/aromatic N) is 4. The lowest BCUT2D eigenvalue weighted by atomic mass is 10.1. The predicted octanol–water partition coefficient (Wildman–Crippen LogP) is 5.55. The van der Waals surface area contributed by atoms with Crippen LogP contribution in [0, 0.1) is 0 Å². The molecule has 4 aromatic rings. The first-order valence-electron chi connectivity index (χ1n) is 13.2. The Balaban J connectivity index is 1.64. The van der Waals surface area contributed by atoms with Gasteiger partial charge in [0.25, 0.3) is 0 Å². The van der Waals surface area contributed by atoms with Crippen molar-refractivity contribution in [3.63, 3.8) is 0 Å². The largest absolute Gasteiger partial charge is 0.497 e.